The zero-order valence-electron chi connectivity index (χ0n) is 6.73. The van der Waals surface area contributed by atoms with E-state index in [9.17, 15) is 0 Å². The molecule has 1 aromatic carbocycles. The zero-order valence-corrected chi connectivity index (χ0v) is 10.0. The van der Waals surface area contributed by atoms with Crippen molar-refractivity contribution in [2.24, 2.45) is 0 Å². The molecule has 1 rings (SSSR count). The molecule has 0 saturated heterocycles. The van der Waals surface area contributed by atoms with Gasteiger partial charge in [-0.25, -0.2) is 0 Å². The molecule has 0 atom stereocenters. The van der Waals surface area contributed by atoms with Gasteiger partial charge in [0.1, 0.15) is 0 Å². The third-order valence-corrected chi connectivity index (χ3v) is 3.89. The number of hydrogen-bond donors (Lipinski definition) is 0. The predicted octanol–water partition coefficient (Wildman–Crippen LogP) is 0.870. The van der Waals surface area contributed by atoms with Crippen LogP contribution in [0.15, 0.2) is 12.1 Å². The van der Waals surface area contributed by atoms with Gasteiger partial charge in [-0.05, 0) is 0 Å². The Morgan fingerprint density at radius 1 is 1.00 bits per heavy atom. The fourth-order valence-corrected chi connectivity index (χ4v) is 1.87. The van der Waals surface area contributed by atoms with Gasteiger partial charge in [0, 0.05) is 0 Å². The average molecular weight is 243 g/mol. The van der Waals surface area contributed by atoms with E-state index in [0.29, 0.717) is 0 Å². The molecule has 0 nitrogen and oxygen atoms in total. The van der Waals surface area contributed by atoms with Gasteiger partial charge in [0.2, 0.25) is 0 Å². The van der Waals surface area contributed by atoms with Crippen LogP contribution in [-0.4, -0.2) is 23.0 Å². The first-order valence-corrected chi connectivity index (χ1v) is 5.10. The van der Waals surface area contributed by atoms with Crippen LogP contribution in [0.3, 0.4) is 0 Å². The predicted molar refractivity (Wildman–Crippen MR) is 48.8 cm³/mol. The Hall–Kier alpha value is 0.0382. The van der Waals surface area contributed by atoms with Crippen LogP contribution >= 0.6 is 0 Å². The fourth-order valence-electron chi connectivity index (χ4n) is 0.977. The summed E-state index contributed by atoms with van der Waals surface area (Å²) < 4.78 is 1.52. The molecule has 10 heavy (non-hydrogen) atoms. The summed E-state index contributed by atoms with van der Waals surface area (Å²) in [4.78, 5) is 0. The second-order valence-electron chi connectivity index (χ2n) is 2.72. The Balaban J connectivity index is 3.34. The third-order valence-electron chi connectivity index (χ3n) is 2.10. The van der Waals surface area contributed by atoms with Crippen LogP contribution in [0.4, 0.5) is 0 Å². The SMILES string of the molecule is Cc1cc[c]([SbH2])c(C)c1C. The summed E-state index contributed by atoms with van der Waals surface area (Å²) in [6.45, 7) is 6.58. The van der Waals surface area contributed by atoms with Crippen molar-refractivity contribution in [3.63, 3.8) is 0 Å². The molecule has 1 aromatic rings. The van der Waals surface area contributed by atoms with E-state index >= 15 is 0 Å². The molecule has 1 heteroatoms. The summed E-state index contributed by atoms with van der Waals surface area (Å²) in [5, 5.41) is 0. The first kappa shape index (κ1) is 8.14. The van der Waals surface area contributed by atoms with Gasteiger partial charge in [-0.3, -0.25) is 0 Å². The summed E-state index contributed by atoms with van der Waals surface area (Å²) >= 11 is 1.24. The van der Waals surface area contributed by atoms with Gasteiger partial charge in [0.15, 0.2) is 0 Å². The number of hydrogen-bond acceptors (Lipinski definition) is 0. The van der Waals surface area contributed by atoms with Gasteiger partial charge >= 0.3 is 76.1 Å². The summed E-state index contributed by atoms with van der Waals surface area (Å²) in [6.07, 6.45) is 0. The summed E-state index contributed by atoms with van der Waals surface area (Å²) in [5.74, 6) is 0. The van der Waals surface area contributed by atoms with Crippen molar-refractivity contribution in [1.82, 2.24) is 0 Å². The van der Waals surface area contributed by atoms with Gasteiger partial charge in [-0.1, -0.05) is 0 Å². The van der Waals surface area contributed by atoms with Crippen molar-refractivity contribution in [2.45, 2.75) is 20.8 Å². The van der Waals surface area contributed by atoms with E-state index in [1.54, 1.807) is 0 Å². The van der Waals surface area contributed by atoms with Crippen molar-refractivity contribution in [3.05, 3.63) is 28.8 Å². The molecular formula is C9H13Sb. The molecular weight excluding hydrogens is 230 g/mol. The van der Waals surface area contributed by atoms with Crippen LogP contribution in [0.25, 0.3) is 0 Å². The van der Waals surface area contributed by atoms with Gasteiger partial charge in [-0.15, -0.1) is 0 Å². The molecule has 0 aliphatic rings. The minimum atomic E-state index is 1.24. The molecule has 0 saturated carbocycles. The van der Waals surface area contributed by atoms with Crippen LogP contribution in [0, 0.1) is 20.8 Å². The molecule has 0 heterocycles. The molecule has 0 aromatic heterocycles. The molecule has 0 N–H and O–H groups in total. The monoisotopic (exact) mass is 242 g/mol. The van der Waals surface area contributed by atoms with Crippen molar-refractivity contribution in [2.75, 3.05) is 0 Å². The van der Waals surface area contributed by atoms with Crippen LogP contribution in [-0.2, 0) is 0 Å². The molecule has 0 fully saturated rings. The molecule has 0 radical (unpaired) electrons. The maximum absolute atomic E-state index is 2.24. The van der Waals surface area contributed by atoms with Crippen LogP contribution < -0.4 is 3.51 Å². The van der Waals surface area contributed by atoms with Crippen LogP contribution in [0.2, 0.25) is 0 Å². The maximum atomic E-state index is 2.24. The van der Waals surface area contributed by atoms with E-state index in [1.807, 2.05) is 0 Å². The van der Waals surface area contributed by atoms with Crippen molar-refractivity contribution in [3.8, 4) is 0 Å². The van der Waals surface area contributed by atoms with Crippen molar-refractivity contribution < 1.29 is 0 Å². The second-order valence-corrected chi connectivity index (χ2v) is 4.50. The quantitative estimate of drug-likeness (QED) is 0.593. The van der Waals surface area contributed by atoms with Gasteiger partial charge < -0.3 is 0 Å². The van der Waals surface area contributed by atoms with Crippen molar-refractivity contribution in [1.29, 1.82) is 0 Å². The summed E-state index contributed by atoms with van der Waals surface area (Å²) in [6, 6.07) is 4.45. The van der Waals surface area contributed by atoms with Crippen LogP contribution in [0.1, 0.15) is 16.7 Å². The fraction of sp³-hybridized carbons (Fsp3) is 0.333. The van der Waals surface area contributed by atoms with Crippen molar-refractivity contribution >= 4 is 26.5 Å². The molecule has 0 aliphatic heterocycles. The van der Waals surface area contributed by atoms with E-state index in [4.69, 9.17) is 0 Å². The summed E-state index contributed by atoms with van der Waals surface area (Å²) in [7, 11) is 0. The zero-order chi connectivity index (χ0) is 7.72. The first-order valence-electron chi connectivity index (χ1n) is 3.45. The average Bonchev–Trinajstić information content (AvgIpc) is 1.93. The Labute approximate surface area is 76.1 Å². The molecule has 0 unspecified atom stereocenters. The topological polar surface area (TPSA) is 0 Å². The second kappa shape index (κ2) is 2.96. The Morgan fingerprint density at radius 2 is 1.60 bits per heavy atom. The van der Waals surface area contributed by atoms with Gasteiger partial charge in [0.05, 0.1) is 0 Å². The molecule has 0 spiro atoms. The van der Waals surface area contributed by atoms with E-state index in [0.717, 1.165) is 0 Å². The molecule has 0 amide bonds. The van der Waals surface area contributed by atoms with E-state index in [-0.39, 0.29) is 0 Å². The Bertz CT molecular complexity index is 224. The molecule has 54 valence electrons. The van der Waals surface area contributed by atoms with E-state index < -0.39 is 0 Å². The Morgan fingerprint density at radius 3 is 2.10 bits per heavy atom. The van der Waals surface area contributed by atoms with Crippen LogP contribution in [0.5, 0.6) is 0 Å². The van der Waals surface area contributed by atoms with E-state index in [2.05, 4.69) is 32.9 Å². The molecule has 0 bridgehead atoms. The standard InChI is InChI=1S/C9H11.Sb.2H/c1-7-5-4-6-8(2)9(7)3;;;/h4-5H,1-3H3;;;. The normalized spacial score (nSPS) is 10.0. The minimum absolute atomic E-state index is 1.24. The van der Waals surface area contributed by atoms with Gasteiger partial charge in [0.25, 0.3) is 0 Å². The number of benzene rings is 1. The summed E-state index contributed by atoms with van der Waals surface area (Å²) in [5.41, 5.74) is 4.36. The first-order chi connectivity index (χ1) is 4.63. The Kier molecular flexibility index (Phi) is 2.41. The van der Waals surface area contributed by atoms with Gasteiger partial charge in [-0.2, -0.15) is 0 Å². The number of rotatable bonds is 0. The molecule has 0 aliphatic carbocycles. The number of aryl methyl sites for hydroxylation is 1. The third kappa shape index (κ3) is 1.37. The van der Waals surface area contributed by atoms with E-state index in [1.165, 1.54) is 43.2 Å².